The Kier molecular flexibility index (Phi) is 7.32. The van der Waals surface area contributed by atoms with Crippen LogP contribution in [0.1, 0.15) is 27.9 Å². The van der Waals surface area contributed by atoms with Crippen molar-refractivity contribution < 1.29 is 9.32 Å². The molecule has 0 saturated carbocycles. The topological polar surface area (TPSA) is 74.5 Å². The largest absolute Gasteiger partial charge is 0.343 e. The zero-order chi connectivity index (χ0) is 24.0. The molecule has 2 aromatic carbocycles. The maximum atomic E-state index is 12.9. The molecule has 2 aromatic heterocycles. The second kappa shape index (κ2) is 10.9. The van der Waals surface area contributed by atoms with Crippen LogP contribution in [0.3, 0.4) is 0 Å². The van der Waals surface area contributed by atoms with Crippen molar-refractivity contribution in [3.63, 3.8) is 0 Å². The molecule has 3 heterocycles. The lowest BCUT2D eigenvalue weighted by molar-refractivity contribution is -0.123. The number of hydrogen-bond donors (Lipinski definition) is 1. The van der Waals surface area contributed by atoms with Gasteiger partial charge < -0.3 is 9.84 Å². The number of aromatic nitrogens is 2. The first-order valence-corrected chi connectivity index (χ1v) is 12.7. The van der Waals surface area contributed by atoms with Crippen LogP contribution in [-0.2, 0) is 11.3 Å². The van der Waals surface area contributed by atoms with Crippen molar-refractivity contribution in [2.45, 2.75) is 19.5 Å². The van der Waals surface area contributed by atoms with Crippen LogP contribution in [-0.4, -0.2) is 58.6 Å². The summed E-state index contributed by atoms with van der Waals surface area (Å²) in [6, 6.07) is 22.2. The van der Waals surface area contributed by atoms with Crippen molar-refractivity contribution >= 4 is 17.2 Å². The Morgan fingerprint density at radius 1 is 1.00 bits per heavy atom. The SMILES string of the molecule is Cc1ccc(-c2noc(CN3CCN(CC(=O)NC(c4ccccc4)c4cccs4)CC3)n2)cc1. The van der Waals surface area contributed by atoms with Gasteiger partial charge in [0.05, 0.1) is 19.1 Å². The third-order valence-corrected chi connectivity index (χ3v) is 7.17. The molecule has 0 aliphatic carbocycles. The highest BCUT2D eigenvalue weighted by atomic mass is 32.1. The standard InChI is InChI=1S/C27H29N5O2S/c1-20-9-11-22(12-10-20)27-29-25(34-30-27)19-32-15-13-31(14-16-32)18-24(33)28-26(23-8-5-17-35-23)21-6-3-2-4-7-21/h2-12,17,26H,13-16,18-19H2,1H3,(H,28,33). The van der Waals surface area contributed by atoms with E-state index in [1.807, 2.05) is 53.9 Å². The zero-order valence-corrected chi connectivity index (χ0v) is 20.6. The molecule has 1 saturated heterocycles. The van der Waals surface area contributed by atoms with Gasteiger partial charge in [0.1, 0.15) is 0 Å². The highest BCUT2D eigenvalue weighted by Crippen LogP contribution is 2.26. The van der Waals surface area contributed by atoms with E-state index >= 15 is 0 Å². The molecular formula is C27H29N5O2S. The summed E-state index contributed by atoms with van der Waals surface area (Å²) in [6.45, 7) is 6.40. The summed E-state index contributed by atoms with van der Waals surface area (Å²) in [7, 11) is 0. The Bertz CT molecular complexity index is 1220. The Labute approximate surface area is 209 Å². The maximum absolute atomic E-state index is 12.9. The molecule has 0 radical (unpaired) electrons. The van der Waals surface area contributed by atoms with Crippen LogP contribution in [0.4, 0.5) is 0 Å². The molecule has 1 atom stereocenters. The highest BCUT2D eigenvalue weighted by Gasteiger charge is 2.23. The van der Waals surface area contributed by atoms with Gasteiger partial charge in [-0.1, -0.05) is 71.4 Å². The second-order valence-corrected chi connectivity index (χ2v) is 9.84. The number of hydrogen-bond acceptors (Lipinski definition) is 7. The summed E-state index contributed by atoms with van der Waals surface area (Å²) in [5.41, 5.74) is 3.25. The van der Waals surface area contributed by atoms with Gasteiger partial charge in [-0.2, -0.15) is 4.98 Å². The molecule has 5 rings (SSSR count). The van der Waals surface area contributed by atoms with E-state index in [9.17, 15) is 4.79 Å². The first-order chi connectivity index (χ1) is 17.1. The molecular weight excluding hydrogens is 458 g/mol. The number of piperazine rings is 1. The average molecular weight is 488 g/mol. The molecule has 180 valence electrons. The van der Waals surface area contributed by atoms with Crippen molar-refractivity contribution in [2.75, 3.05) is 32.7 Å². The molecule has 1 fully saturated rings. The number of rotatable bonds is 8. The fraction of sp³-hybridized carbons (Fsp3) is 0.296. The average Bonchev–Trinajstić information content (AvgIpc) is 3.58. The van der Waals surface area contributed by atoms with Crippen LogP contribution in [0.15, 0.2) is 76.6 Å². The second-order valence-electron chi connectivity index (χ2n) is 8.86. The smallest absolute Gasteiger partial charge is 0.241 e. The van der Waals surface area contributed by atoms with E-state index in [2.05, 4.69) is 50.4 Å². The number of aryl methyl sites for hydroxylation is 1. The normalized spacial score (nSPS) is 15.7. The van der Waals surface area contributed by atoms with Crippen LogP contribution in [0, 0.1) is 6.92 Å². The Balaban J connectivity index is 1.12. The number of carbonyl (C=O) groups excluding carboxylic acids is 1. The maximum Gasteiger partial charge on any atom is 0.241 e. The number of thiophene rings is 1. The summed E-state index contributed by atoms with van der Waals surface area (Å²) < 4.78 is 5.49. The summed E-state index contributed by atoms with van der Waals surface area (Å²) in [5.74, 6) is 1.28. The number of nitrogens with one attached hydrogen (secondary N) is 1. The van der Waals surface area contributed by atoms with Crippen LogP contribution < -0.4 is 5.32 Å². The zero-order valence-electron chi connectivity index (χ0n) is 19.8. The van der Waals surface area contributed by atoms with Crippen LogP contribution >= 0.6 is 11.3 Å². The minimum Gasteiger partial charge on any atom is -0.343 e. The molecule has 8 heteroatoms. The van der Waals surface area contributed by atoms with E-state index in [0.717, 1.165) is 42.2 Å². The molecule has 1 aliphatic rings. The van der Waals surface area contributed by atoms with Crippen LogP contribution in [0.25, 0.3) is 11.4 Å². The lowest BCUT2D eigenvalue weighted by atomic mass is 10.1. The van der Waals surface area contributed by atoms with Crippen molar-refractivity contribution in [3.8, 4) is 11.4 Å². The van der Waals surface area contributed by atoms with Gasteiger partial charge in [0, 0.05) is 36.6 Å². The van der Waals surface area contributed by atoms with E-state index in [-0.39, 0.29) is 11.9 Å². The molecule has 0 spiro atoms. The van der Waals surface area contributed by atoms with E-state index < -0.39 is 0 Å². The lowest BCUT2D eigenvalue weighted by Crippen LogP contribution is -2.49. The fourth-order valence-electron chi connectivity index (χ4n) is 4.27. The van der Waals surface area contributed by atoms with Gasteiger partial charge in [-0.25, -0.2) is 0 Å². The van der Waals surface area contributed by atoms with Gasteiger partial charge in [0.25, 0.3) is 0 Å². The Morgan fingerprint density at radius 3 is 2.46 bits per heavy atom. The fourth-order valence-corrected chi connectivity index (χ4v) is 5.07. The summed E-state index contributed by atoms with van der Waals surface area (Å²) in [5, 5.41) is 9.42. The van der Waals surface area contributed by atoms with Gasteiger partial charge in [-0.05, 0) is 23.9 Å². The Hall–Kier alpha value is -3.33. The predicted molar refractivity (Wildman–Crippen MR) is 137 cm³/mol. The van der Waals surface area contributed by atoms with Gasteiger partial charge >= 0.3 is 0 Å². The van der Waals surface area contributed by atoms with Gasteiger partial charge in [-0.3, -0.25) is 14.6 Å². The van der Waals surface area contributed by atoms with Gasteiger partial charge in [-0.15, -0.1) is 11.3 Å². The van der Waals surface area contributed by atoms with E-state index in [4.69, 9.17) is 4.52 Å². The van der Waals surface area contributed by atoms with Crippen molar-refractivity contribution in [2.24, 2.45) is 0 Å². The first kappa shape index (κ1) is 23.4. The van der Waals surface area contributed by atoms with E-state index in [0.29, 0.717) is 24.8 Å². The van der Waals surface area contributed by atoms with Gasteiger partial charge in [0.15, 0.2) is 0 Å². The highest BCUT2D eigenvalue weighted by molar-refractivity contribution is 7.10. The third-order valence-electron chi connectivity index (χ3n) is 6.23. The van der Waals surface area contributed by atoms with Gasteiger partial charge in [0.2, 0.25) is 17.6 Å². The molecule has 35 heavy (non-hydrogen) atoms. The monoisotopic (exact) mass is 487 g/mol. The minimum absolute atomic E-state index is 0.0420. The number of carbonyl (C=O) groups is 1. The number of amides is 1. The molecule has 4 aromatic rings. The quantitative estimate of drug-likeness (QED) is 0.403. The molecule has 1 unspecified atom stereocenters. The van der Waals surface area contributed by atoms with Crippen LogP contribution in [0.2, 0.25) is 0 Å². The van der Waals surface area contributed by atoms with E-state index in [1.54, 1.807) is 11.3 Å². The van der Waals surface area contributed by atoms with E-state index in [1.165, 1.54) is 5.56 Å². The Morgan fingerprint density at radius 2 is 1.74 bits per heavy atom. The third kappa shape index (κ3) is 6.03. The molecule has 0 bridgehead atoms. The summed E-state index contributed by atoms with van der Waals surface area (Å²) >= 11 is 1.66. The molecule has 7 nitrogen and oxygen atoms in total. The van der Waals surface area contributed by atoms with Crippen molar-refractivity contribution in [1.29, 1.82) is 0 Å². The van der Waals surface area contributed by atoms with Crippen LogP contribution in [0.5, 0.6) is 0 Å². The number of nitrogens with zero attached hydrogens (tertiary/aromatic N) is 4. The first-order valence-electron chi connectivity index (χ1n) is 11.9. The molecule has 1 amide bonds. The lowest BCUT2D eigenvalue weighted by Gasteiger charge is -2.33. The summed E-state index contributed by atoms with van der Waals surface area (Å²) in [6.07, 6.45) is 0. The molecule has 1 aliphatic heterocycles. The molecule has 1 N–H and O–H groups in total. The van der Waals surface area contributed by atoms with Crippen molar-refractivity contribution in [3.05, 3.63) is 94.0 Å². The predicted octanol–water partition coefficient (Wildman–Crippen LogP) is 4.13. The number of benzene rings is 2. The minimum atomic E-state index is -0.120. The van der Waals surface area contributed by atoms with Crippen molar-refractivity contribution in [1.82, 2.24) is 25.3 Å². The summed E-state index contributed by atoms with van der Waals surface area (Å²) in [4.78, 5) is 23.1.